The Morgan fingerprint density at radius 1 is 1.24 bits per heavy atom. The van der Waals surface area contributed by atoms with Gasteiger partial charge in [0.25, 0.3) is 5.91 Å². The highest BCUT2D eigenvalue weighted by atomic mass is 16.6. The van der Waals surface area contributed by atoms with Crippen molar-refractivity contribution in [2.45, 2.75) is 63.9 Å². The maximum atomic E-state index is 12.9. The first-order chi connectivity index (χ1) is 16.4. The van der Waals surface area contributed by atoms with Crippen LogP contribution in [-0.4, -0.2) is 60.0 Å². The first kappa shape index (κ1) is 25.3. The second-order valence-corrected chi connectivity index (χ2v) is 8.11. The number of esters is 1. The molecule has 0 bridgehead atoms. The second-order valence-electron chi connectivity index (χ2n) is 8.11. The summed E-state index contributed by atoms with van der Waals surface area (Å²) in [5.41, 5.74) is -0.227. The molecule has 1 aliphatic rings. The Balaban J connectivity index is 1.76. The van der Waals surface area contributed by atoms with Crippen LogP contribution >= 0.6 is 0 Å². The van der Waals surface area contributed by atoms with Crippen molar-refractivity contribution in [1.82, 2.24) is 10.3 Å². The van der Waals surface area contributed by atoms with E-state index >= 15 is 0 Å². The van der Waals surface area contributed by atoms with Crippen LogP contribution in [0.1, 0.15) is 50.0 Å². The molecule has 1 aromatic heterocycles. The van der Waals surface area contributed by atoms with Crippen LogP contribution in [0.15, 0.2) is 42.6 Å². The maximum absolute atomic E-state index is 12.9. The van der Waals surface area contributed by atoms with E-state index in [4.69, 9.17) is 18.9 Å². The minimum atomic E-state index is -0.912. The number of methoxy groups -OCH3 is 1. The first-order valence-electron chi connectivity index (χ1n) is 11.5. The van der Waals surface area contributed by atoms with E-state index in [0.717, 1.165) is 6.42 Å². The van der Waals surface area contributed by atoms with Crippen molar-refractivity contribution in [2.24, 2.45) is 0 Å². The normalized spacial score (nSPS) is 23.1. The van der Waals surface area contributed by atoms with E-state index in [1.54, 1.807) is 6.92 Å². The van der Waals surface area contributed by atoms with E-state index in [0.29, 0.717) is 31.6 Å². The van der Waals surface area contributed by atoms with Crippen LogP contribution in [-0.2, 0) is 14.3 Å². The standard InChI is InChI=1S/C25H32N2O7/c1-4-15-32-23-16(2)33-25(30)18(11-8-12-20(23)34-17-9-6-5-7-10-17)27-24(29)21-22(28)19(31-3)13-14-26-21/h5-7,9-10,13-14,16,18,20,23,28H,4,8,11-12,15H2,1-3H3,(H,27,29). The largest absolute Gasteiger partial charge is 0.503 e. The molecule has 3 rings (SSSR count). The number of rotatable bonds is 8. The van der Waals surface area contributed by atoms with Gasteiger partial charge in [-0.15, -0.1) is 0 Å². The van der Waals surface area contributed by atoms with Gasteiger partial charge in [-0.05, 0) is 44.7 Å². The number of para-hydroxylation sites is 1. The van der Waals surface area contributed by atoms with Crippen molar-refractivity contribution in [3.05, 3.63) is 48.3 Å². The Labute approximate surface area is 199 Å². The third kappa shape index (κ3) is 6.38. The molecule has 1 saturated heterocycles. The fraction of sp³-hybridized carbons (Fsp3) is 0.480. The fourth-order valence-electron chi connectivity index (χ4n) is 3.86. The molecular weight excluding hydrogens is 440 g/mol. The maximum Gasteiger partial charge on any atom is 0.329 e. The zero-order chi connectivity index (χ0) is 24.5. The third-order valence-electron chi connectivity index (χ3n) is 5.57. The zero-order valence-corrected chi connectivity index (χ0v) is 19.7. The number of nitrogens with zero attached hydrogens (tertiary/aromatic N) is 1. The van der Waals surface area contributed by atoms with Crippen molar-refractivity contribution in [3.8, 4) is 17.2 Å². The topological polar surface area (TPSA) is 116 Å². The number of hydrogen-bond acceptors (Lipinski definition) is 8. The predicted molar refractivity (Wildman–Crippen MR) is 124 cm³/mol. The van der Waals surface area contributed by atoms with E-state index < -0.39 is 35.9 Å². The molecule has 1 fully saturated rings. The molecular formula is C25H32N2O7. The first-order valence-corrected chi connectivity index (χ1v) is 11.5. The van der Waals surface area contributed by atoms with Crippen LogP contribution in [0.4, 0.5) is 0 Å². The van der Waals surface area contributed by atoms with Gasteiger partial charge in [0.1, 0.15) is 30.1 Å². The molecule has 0 radical (unpaired) electrons. The predicted octanol–water partition coefficient (Wildman–Crippen LogP) is 3.25. The quantitative estimate of drug-likeness (QED) is 0.563. The van der Waals surface area contributed by atoms with Crippen LogP contribution in [0.5, 0.6) is 17.2 Å². The number of aromatic nitrogens is 1. The summed E-state index contributed by atoms with van der Waals surface area (Å²) in [6.45, 7) is 4.27. The lowest BCUT2D eigenvalue weighted by Crippen LogP contribution is -2.46. The molecule has 0 saturated carbocycles. The molecule has 0 aliphatic carbocycles. The van der Waals surface area contributed by atoms with E-state index in [1.165, 1.54) is 19.4 Å². The van der Waals surface area contributed by atoms with Crippen molar-refractivity contribution in [2.75, 3.05) is 13.7 Å². The molecule has 1 aromatic carbocycles. The average molecular weight is 473 g/mol. The van der Waals surface area contributed by atoms with Gasteiger partial charge in [0.2, 0.25) is 0 Å². The number of cyclic esters (lactones) is 1. The summed E-state index contributed by atoms with van der Waals surface area (Å²) in [5, 5.41) is 12.9. The molecule has 9 nitrogen and oxygen atoms in total. The zero-order valence-electron chi connectivity index (χ0n) is 19.7. The van der Waals surface area contributed by atoms with Crippen molar-refractivity contribution in [1.29, 1.82) is 0 Å². The van der Waals surface area contributed by atoms with Crippen LogP contribution in [0.2, 0.25) is 0 Å². The summed E-state index contributed by atoms with van der Waals surface area (Å²) in [6.07, 6.45) is 2.25. The number of nitrogens with one attached hydrogen (secondary N) is 1. The molecule has 2 heterocycles. The highest BCUT2D eigenvalue weighted by Crippen LogP contribution is 2.28. The molecule has 2 N–H and O–H groups in total. The second kappa shape index (κ2) is 12.2. The Morgan fingerprint density at radius 2 is 2.00 bits per heavy atom. The smallest absolute Gasteiger partial charge is 0.329 e. The molecule has 2 aromatic rings. The molecule has 1 amide bonds. The summed E-state index contributed by atoms with van der Waals surface area (Å²) in [4.78, 5) is 29.6. The Bertz CT molecular complexity index is 954. The van der Waals surface area contributed by atoms with Gasteiger partial charge in [0.15, 0.2) is 17.2 Å². The lowest BCUT2D eigenvalue weighted by Gasteiger charge is -2.31. The molecule has 1 aliphatic heterocycles. The van der Waals surface area contributed by atoms with Gasteiger partial charge in [-0.3, -0.25) is 4.79 Å². The molecule has 34 heavy (non-hydrogen) atoms. The Hall–Kier alpha value is -3.33. The summed E-state index contributed by atoms with van der Waals surface area (Å²) < 4.78 is 23.0. The lowest BCUT2D eigenvalue weighted by molar-refractivity contribution is -0.162. The minimum absolute atomic E-state index is 0.114. The van der Waals surface area contributed by atoms with Crippen LogP contribution < -0.4 is 14.8 Å². The van der Waals surface area contributed by atoms with E-state index in [2.05, 4.69) is 10.3 Å². The molecule has 0 spiro atoms. The highest BCUT2D eigenvalue weighted by molar-refractivity contribution is 5.97. The van der Waals surface area contributed by atoms with Gasteiger partial charge in [-0.1, -0.05) is 25.1 Å². The number of amides is 1. The fourth-order valence-corrected chi connectivity index (χ4v) is 3.86. The molecule has 9 heteroatoms. The van der Waals surface area contributed by atoms with Gasteiger partial charge in [-0.2, -0.15) is 0 Å². The Kier molecular flexibility index (Phi) is 9.09. The number of ether oxygens (including phenoxy) is 4. The number of carbonyl (C=O) groups excluding carboxylic acids is 2. The summed E-state index contributed by atoms with van der Waals surface area (Å²) in [6, 6.07) is 9.96. The third-order valence-corrected chi connectivity index (χ3v) is 5.57. The summed E-state index contributed by atoms with van der Waals surface area (Å²) in [7, 11) is 1.37. The van der Waals surface area contributed by atoms with Gasteiger partial charge in [-0.25, -0.2) is 9.78 Å². The monoisotopic (exact) mass is 472 g/mol. The molecule has 4 atom stereocenters. The van der Waals surface area contributed by atoms with E-state index in [9.17, 15) is 14.7 Å². The number of benzene rings is 1. The highest BCUT2D eigenvalue weighted by Gasteiger charge is 2.36. The van der Waals surface area contributed by atoms with Crippen LogP contribution in [0, 0.1) is 0 Å². The SMILES string of the molecule is CCCOC1C(C)OC(=O)C(NC(=O)c2nccc(OC)c2O)CCCC1Oc1ccccc1. The number of carbonyl (C=O) groups is 2. The number of aromatic hydroxyl groups is 1. The van der Waals surface area contributed by atoms with Crippen LogP contribution in [0.25, 0.3) is 0 Å². The van der Waals surface area contributed by atoms with Crippen molar-refractivity contribution in [3.63, 3.8) is 0 Å². The van der Waals surface area contributed by atoms with Crippen molar-refractivity contribution < 1.29 is 33.6 Å². The van der Waals surface area contributed by atoms with Crippen LogP contribution in [0.3, 0.4) is 0 Å². The van der Waals surface area contributed by atoms with Gasteiger partial charge < -0.3 is 29.4 Å². The average Bonchev–Trinajstić information content (AvgIpc) is 2.88. The van der Waals surface area contributed by atoms with Crippen molar-refractivity contribution >= 4 is 11.9 Å². The summed E-state index contributed by atoms with van der Waals surface area (Å²) >= 11 is 0. The van der Waals surface area contributed by atoms with Gasteiger partial charge in [0, 0.05) is 18.9 Å². The number of hydrogen-bond donors (Lipinski definition) is 2. The number of pyridine rings is 1. The van der Waals surface area contributed by atoms with E-state index in [-0.39, 0.29) is 17.5 Å². The van der Waals surface area contributed by atoms with Gasteiger partial charge in [0.05, 0.1) is 7.11 Å². The molecule has 4 unspecified atom stereocenters. The van der Waals surface area contributed by atoms with Gasteiger partial charge >= 0.3 is 5.97 Å². The summed E-state index contributed by atoms with van der Waals surface area (Å²) in [5.74, 6) is -0.839. The van der Waals surface area contributed by atoms with E-state index in [1.807, 2.05) is 37.3 Å². The minimum Gasteiger partial charge on any atom is -0.503 e. The lowest BCUT2D eigenvalue weighted by atomic mass is 10.0. The Morgan fingerprint density at radius 3 is 2.71 bits per heavy atom. The molecule has 184 valence electrons.